The summed E-state index contributed by atoms with van der Waals surface area (Å²) in [5, 5.41) is 0. The standard InChI is InChI=1S/C18H34N2/c1-20(13-17-10-15-7-8-16(17)9-15)18(12-19)11-14-5-3-2-4-6-14/h14-18H,2-13,19H2,1H3. The molecule has 2 heteroatoms. The molecule has 116 valence electrons. The fraction of sp³-hybridized carbons (Fsp3) is 1.00. The maximum absolute atomic E-state index is 6.10. The number of rotatable bonds is 6. The first-order chi connectivity index (χ1) is 9.76. The van der Waals surface area contributed by atoms with Crippen LogP contribution in [0, 0.1) is 23.7 Å². The first-order valence-corrected chi connectivity index (χ1v) is 9.16. The zero-order valence-corrected chi connectivity index (χ0v) is 13.4. The number of hydrogen-bond donors (Lipinski definition) is 1. The summed E-state index contributed by atoms with van der Waals surface area (Å²) in [4.78, 5) is 2.62. The fourth-order valence-corrected chi connectivity index (χ4v) is 5.38. The SMILES string of the molecule is CN(CC1CC2CCC1C2)C(CN)CC1CCCCC1. The zero-order chi connectivity index (χ0) is 13.9. The van der Waals surface area contributed by atoms with E-state index in [1.165, 1.54) is 70.8 Å². The van der Waals surface area contributed by atoms with Crippen LogP contribution in [0.2, 0.25) is 0 Å². The van der Waals surface area contributed by atoms with Gasteiger partial charge in [0.1, 0.15) is 0 Å². The molecule has 4 unspecified atom stereocenters. The molecule has 0 spiro atoms. The molecule has 0 aromatic carbocycles. The van der Waals surface area contributed by atoms with E-state index in [9.17, 15) is 0 Å². The van der Waals surface area contributed by atoms with Crippen molar-refractivity contribution in [1.29, 1.82) is 0 Å². The second kappa shape index (κ2) is 6.79. The molecule has 0 amide bonds. The summed E-state index contributed by atoms with van der Waals surface area (Å²) < 4.78 is 0. The molecule has 3 aliphatic carbocycles. The Morgan fingerprint density at radius 2 is 1.85 bits per heavy atom. The summed E-state index contributed by atoms with van der Waals surface area (Å²) >= 11 is 0. The van der Waals surface area contributed by atoms with Gasteiger partial charge in [-0.05, 0) is 56.4 Å². The summed E-state index contributed by atoms with van der Waals surface area (Å²) in [5.74, 6) is 4.07. The van der Waals surface area contributed by atoms with E-state index in [2.05, 4.69) is 11.9 Å². The van der Waals surface area contributed by atoms with Gasteiger partial charge in [-0.15, -0.1) is 0 Å². The van der Waals surface area contributed by atoms with Crippen LogP contribution < -0.4 is 5.73 Å². The number of nitrogens with two attached hydrogens (primary N) is 1. The summed E-state index contributed by atoms with van der Waals surface area (Å²) in [7, 11) is 2.34. The molecule has 3 fully saturated rings. The van der Waals surface area contributed by atoms with Gasteiger partial charge in [-0.1, -0.05) is 38.5 Å². The summed E-state index contributed by atoms with van der Waals surface area (Å²) in [6.45, 7) is 2.17. The highest BCUT2D eigenvalue weighted by Crippen LogP contribution is 2.48. The van der Waals surface area contributed by atoms with Crippen molar-refractivity contribution in [3.63, 3.8) is 0 Å². The number of hydrogen-bond acceptors (Lipinski definition) is 2. The second-order valence-corrected chi connectivity index (χ2v) is 8.00. The van der Waals surface area contributed by atoms with Crippen LogP contribution in [0.25, 0.3) is 0 Å². The first kappa shape index (κ1) is 14.8. The van der Waals surface area contributed by atoms with Gasteiger partial charge in [0.2, 0.25) is 0 Å². The highest BCUT2D eigenvalue weighted by molar-refractivity contribution is 4.91. The van der Waals surface area contributed by atoms with Crippen molar-refractivity contribution in [2.24, 2.45) is 29.4 Å². The third-order valence-corrected chi connectivity index (χ3v) is 6.63. The van der Waals surface area contributed by atoms with E-state index in [0.717, 1.165) is 30.2 Å². The molecule has 20 heavy (non-hydrogen) atoms. The summed E-state index contributed by atoms with van der Waals surface area (Å²) in [6.07, 6.45) is 14.7. The van der Waals surface area contributed by atoms with E-state index in [1.54, 1.807) is 0 Å². The minimum atomic E-state index is 0.636. The lowest BCUT2D eigenvalue weighted by molar-refractivity contribution is 0.147. The van der Waals surface area contributed by atoms with Gasteiger partial charge >= 0.3 is 0 Å². The van der Waals surface area contributed by atoms with Crippen LogP contribution >= 0.6 is 0 Å². The molecular weight excluding hydrogens is 244 g/mol. The van der Waals surface area contributed by atoms with Crippen LogP contribution in [0.1, 0.15) is 64.2 Å². The molecule has 0 heterocycles. The largest absolute Gasteiger partial charge is 0.329 e. The highest BCUT2D eigenvalue weighted by atomic mass is 15.1. The Kier molecular flexibility index (Phi) is 5.04. The molecule has 0 aromatic rings. The monoisotopic (exact) mass is 278 g/mol. The predicted octanol–water partition coefficient (Wildman–Crippen LogP) is 3.65. The van der Waals surface area contributed by atoms with E-state index in [4.69, 9.17) is 5.73 Å². The van der Waals surface area contributed by atoms with E-state index in [0.29, 0.717) is 6.04 Å². The van der Waals surface area contributed by atoms with Crippen molar-refractivity contribution < 1.29 is 0 Å². The minimum Gasteiger partial charge on any atom is -0.329 e. The van der Waals surface area contributed by atoms with Gasteiger partial charge < -0.3 is 10.6 Å². The zero-order valence-electron chi connectivity index (χ0n) is 13.4. The highest BCUT2D eigenvalue weighted by Gasteiger charge is 2.40. The van der Waals surface area contributed by atoms with Crippen molar-refractivity contribution >= 4 is 0 Å². The fourth-order valence-electron chi connectivity index (χ4n) is 5.38. The topological polar surface area (TPSA) is 29.3 Å². The van der Waals surface area contributed by atoms with Gasteiger partial charge in [0.25, 0.3) is 0 Å². The third-order valence-electron chi connectivity index (χ3n) is 6.63. The molecule has 3 aliphatic rings. The van der Waals surface area contributed by atoms with Crippen molar-refractivity contribution in [2.75, 3.05) is 20.1 Å². The first-order valence-electron chi connectivity index (χ1n) is 9.16. The molecule has 3 rings (SSSR count). The van der Waals surface area contributed by atoms with Gasteiger partial charge in [-0.3, -0.25) is 0 Å². The van der Waals surface area contributed by atoms with Crippen LogP contribution in [0.4, 0.5) is 0 Å². The molecule has 2 N–H and O–H groups in total. The van der Waals surface area contributed by atoms with Crippen LogP contribution in [0.15, 0.2) is 0 Å². The smallest absolute Gasteiger partial charge is 0.0218 e. The normalized spacial score (nSPS) is 35.9. The van der Waals surface area contributed by atoms with Crippen LogP contribution in [-0.2, 0) is 0 Å². The van der Waals surface area contributed by atoms with Gasteiger partial charge in [0.05, 0.1) is 0 Å². The predicted molar refractivity (Wildman–Crippen MR) is 85.6 cm³/mol. The van der Waals surface area contributed by atoms with Crippen LogP contribution in [-0.4, -0.2) is 31.1 Å². The maximum atomic E-state index is 6.10. The van der Waals surface area contributed by atoms with E-state index in [-0.39, 0.29) is 0 Å². The van der Waals surface area contributed by atoms with E-state index < -0.39 is 0 Å². The van der Waals surface area contributed by atoms with Gasteiger partial charge in [-0.25, -0.2) is 0 Å². The van der Waals surface area contributed by atoms with Crippen molar-refractivity contribution in [2.45, 2.75) is 70.3 Å². The molecule has 0 aromatic heterocycles. The molecule has 2 bridgehead atoms. The number of fused-ring (bicyclic) bond motifs is 2. The Balaban J connectivity index is 1.47. The molecule has 3 saturated carbocycles. The molecule has 0 aliphatic heterocycles. The lowest BCUT2D eigenvalue weighted by Gasteiger charge is -2.35. The molecule has 4 atom stereocenters. The van der Waals surface area contributed by atoms with Gasteiger partial charge in [-0.2, -0.15) is 0 Å². The molecule has 0 radical (unpaired) electrons. The average Bonchev–Trinajstić information content (AvgIpc) is 3.08. The van der Waals surface area contributed by atoms with Crippen LogP contribution in [0.5, 0.6) is 0 Å². The lowest BCUT2D eigenvalue weighted by atomic mass is 9.84. The second-order valence-electron chi connectivity index (χ2n) is 8.00. The molecular formula is C18H34N2. The summed E-state index contributed by atoms with van der Waals surface area (Å²) in [6, 6.07) is 0.636. The van der Waals surface area contributed by atoms with Crippen LogP contribution in [0.3, 0.4) is 0 Å². The number of likely N-dealkylation sites (N-methyl/N-ethyl adjacent to an activating group) is 1. The molecule has 2 nitrogen and oxygen atoms in total. The lowest BCUT2D eigenvalue weighted by Crippen LogP contribution is -2.42. The third kappa shape index (κ3) is 3.39. The maximum Gasteiger partial charge on any atom is 0.0218 e. The Morgan fingerprint density at radius 1 is 1.05 bits per heavy atom. The minimum absolute atomic E-state index is 0.636. The molecule has 0 saturated heterocycles. The van der Waals surface area contributed by atoms with E-state index >= 15 is 0 Å². The number of nitrogens with zero attached hydrogens (tertiary/aromatic N) is 1. The summed E-state index contributed by atoms with van der Waals surface area (Å²) in [5.41, 5.74) is 6.10. The Labute approximate surface area is 125 Å². The average molecular weight is 278 g/mol. The quantitative estimate of drug-likeness (QED) is 0.803. The van der Waals surface area contributed by atoms with Crippen molar-refractivity contribution in [3.05, 3.63) is 0 Å². The van der Waals surface area contributed by atoms with Gasteiger partial charge in [0, 0.05) is 19.1 Å². The Morgan fingerprint density at radius 3 is 2.45 bits per heavy atom. The Bertz CT molecular complexity index is 298. The van der Waals surface area contributed by atoms with Crippen molar-refractivity contribution in [3.8, 4) is 0 Å². The van der Waals surface area contributed by atoms with Gasteiger partial charge in [0.15, 0.2) is 0 Å². The van der Waals surface area contributed by atoms with E-state index in [1.807, 2.05) is 0 Å². The Hall–Kier alpha value is -0.0800. The van der Waals surface area contributed by atoms with Crippen molar-refractivity contribution in [1.82, 2.24) is 4.90 Å².